The number of carbonyl (C=O) groups excluding carboxylic acids is 2. The van der Waals surface area contributed by atoms with Gasteiger partial charge in [0.2, 0.25) is 5.91 Å². The Morgan fingerprint density at radius 1 is 1.26 bits per heavy atom. The van der Waals surface area contributed by atoms with Gasteiger partial charge in [-0.05, 0) is 31.7 Å². The lowest BCUT2D eigenvalue weighted by Crippen LogP contribution is -2.39. The van der Waals surface area contributed by atoms with Gasteiger partial charge in [0.15, 0.2) is 0 Å². The summed E-state index contributed by atoms with van der Waals surface area (Å²) in [5, 5.41) is 7.70. The van der Waals surface area contributed by atoms with Crippen LogP contribution in [0.1, 0.15) is 59.3 Å². The molecule has 27 heavy (non-hydrogen) atoms. The third-order valence-electron chi connectivity index (χ3n) is 5.46. The van der Waals surface area contributed by atoms with Gasteiger partial charge in [0.25, 0.3) is 11.6 Å². The highest BCUT2D eigenvalue weighted by Gasteiger charge is 2.32. The quantitative estimate of drug-likeness (QED) is 0.860. The normalized spacial score (nSPS) is 18.1. The predicted molar refractivity (Wildman–Crippen MR) is 97.6 cm³/mol. The van der Waals surface area contributed by atoms with E-state index in [1.54, 1.807) is 7.05 Å². The number of nitrogens with zero attached hydrogens (tertiary/aromatic N) is 3. The Morgan fingerprint density at radius 2 is 2.00 bits per heavy atom. The number of amides is 2. The van der Waals surface area contributed by atoms with Crippen LogP contribution in [0.4, 0.5) is 0 Å². The molecule has 0 bridgehead atoms. The van der Waals surface area contributed by atoms with Gasteiger partial charge >= 0.3 is 0 Å². The van der Waals surface area contributed by atoms with Crippen LogP contribution < -0.4 is 5.32 Å². The summed E-state index contributed by atoms with van der Waals surface area (Å²) in [5.74, 6) is 0.403. The largest absolute Gasteiger partial charge is 0.375 e. The molecule has 8 heteroatoms. The predicted octanol–water partition coefficient (Wildman–Crippen LogP) is 1.81. The summed E-state index contributed by atoms with van der Waals surface area (Å²) in [7, 11) is 3.15. The molecule has 1 saturated heterocycles. The molecule has 1 saturated carbocycles. The molecular weight excluding hydrogens is 348 g/mol. The lowest BCUT2D eigenvalue weighted by atomic mass is 9.90. The number of hydrogen-bond donors (Lipinski definition) is 1. The van der Waals surface area contributed by atoms with Crippen LogP contribution >= 0.6 is 0 Å². The molecular formula is C19H24N4O4. The van der Waals surface area contributed by atoms with Crippen LogP contribution in [0.2, 0.25) is 0 Å². The first-order valence-corrected chi connectivity index (χ1v) is 9.41. The Morgan fingerprint density at radius 3 is 2.63 bits per heavy atom. The maximum absolute atomic E-state index is 12.5. The van der Waals surface area contributed by atoms with Crippen LogP contribution in [-0.2, 0) is 9.53 Å². The molecule has 2 aromatic heterocycles. The maximum atomic E-state index is 12.5. The summed E-state index contributed by atoms with van der Waals surface area (Å²) in [6.07, 6.45) is 3.74. The number of fused-ring (bicyclic) bond motifs is 1. The van der Waals surface area contributed by atoms with E-state index < -0.39 is 0 Å². The zero-order chi connectivity index (χ0) is 19.0. The summed E-state index contributed by atoms with van der Waals surface area (Å²) in [6, 6.07) is 1.89. The Hall–Kier alpha value is -2.48. The van der Waals surface area contributed by atoms with E-state index in [1.807, 2.05) is 11.0 Å². The number of pyridine rings is 1. The fourth-order valence-electron chi connectivity index (χ4n) is 3.79. The second-order valence-corrected chi connectivity index (χ2v) is 7.28. The molecule has 3 heterocycles. The number of hydrogen-bond acceptors (Lipinski definition) is 6. The summed E-state index contributed by atoms with van der Waals surface area (Å²) >= 11 is 0. The molecule has 8 nitrogen and oxygen atoms in total. The van der Waals surface area contributed by atoms with Crippen molar-refractivity contribution < 1.29 is 18.8 Å². The smallest absolute Gasteiger partial charge is 0.259 e. The first-order chi connectivity index (χ1) is 13.1. The maximum Gasteiger partial charge on any atom is 0.259 e. The highest BCUT2D eigenvalue weighted by Crippen LogP contribution is 2.41. The van der Waals surface area contributed by atoms with Crippen molar-refractivity contribution >= 4 is 22.9 Å². The van der Waals surface area contributed by atoms with E-state index in [-0.39, 0.29) is 24.3 Å². The number of nitrogens with one attached hydrogen (secondary N) is 1. The fraction of sp³-hybridized carbons (Fsp3) is 0.579. The summed E-state index contributed by atoms with van der Waals surface area (Å²) in [4.78, 5) is 30.9. The third kappa shape index (κ3) is 3.41. The van der Waals surface area contributed by atoms with Gasteiger partial charge in [-0.15, -0.1) is 0 Å². The second-order valence-electron chi connectivity index (χ2n) is 7.28. The first-order valence-electron chi connectivity index (χ1n) is 9.41. The van der Waals surface area contributed by atoms with Crippen molar-refractivity contribution in [2.45, 2.75) is 37.5 Å². The molecule has 1 aliphatic heterocycles. The molecule has 2 aliphatic rings. The molecule has 1 aliphatic carbocycles. The number of carbonyl (C=O) groups is 2. The summed E-state index contributed by atoms with van der Waals surface area (Å²) in [5.41, 5.74) is 2.70. The topological polar surface area (TPSA) is 97.6 Å². The van der Waals surface area contributed by atoms with Gasteiger partial charge in [0.1, 0.15) is 6.61 Å². The van der Waals surface area contributed by atoms with Crippen LogP contribution in [0.3, 0.4) is 0 Å². The number of rotatable bonds is 5. The van der Waals surface area contributed by atoms with E-state index in [1.165, 1.54) is 7.11 Å². The molecule has 2 fully saturated rings. The summed E-state index contributed by atoms with van der Waals surface area (Å²) < 4.78 is 10.5. The lowest BCUT2D eigenvalue weighted by Gasteiger charge is -2.31. The molecule has 0 spiro atoms. The van der Waals surface area contributed by atoms with Gasteiger partial charge in [-0.1, -0.05) is 5.16 Å². The van der Waals surface area contributed by atoms with Gasteiger partial charge in [0.05, 0.1) is 16.6 Å². The fourth-order valence-corrected chi connectivity index (χ4v) is 3.79. The van der Waals surface area contributed by atoms with Gasteiger partial charge in [0, 0.05) is 44.8 Å². The minimum absolute atomic E-state index is 0.00255. The minimum Gasteiger partial charge on any atom is -0.375 e. The lowest BCUT2D eigenvalue weighted by molar-refractivity contribution is -0.136. The highest BCUT2D eigenvalue weighted by atomic mass is 16.5. The van der Waals surface area contributed by atoms with Gasteiger partial charge in [-0.2, -0.15) is 0 Å². The molecule has 0 aromatic carbocycles. The minimum atomic E-state index is -0.151. The van der Waals surface area contributed by atoms with Crippen LogP contribution in [0, 0.1) is 0 Å². The van der Waals surface area contributed by atoms with E-state index in [0.717, 1.165) is 37.1 Å². The number of methoxy groups -OCH3 is 1. The highest BCUT2D eigenvalue weighted by molar-refractivity contribution is 6.06. The number of piperidine rings is 1. The van der Waals surface area contributed by atoms with Crippen LogP contribution in [-0.4, -0.2) is 60.7 Å². The molecule has 2 aromatic rings. The monoisotopic (exact) mass is 372 g/mol. The third-order valence-corrected chi connectivity index (χ3v) is 5.46. The van der Waals surface area contributed by atoms with Gasteiger partial charge < -0.3 is 19.5 Å². The Labute approximate surface area is 157 Å². The number of ether oxygens (including phenoxy) is 1. The first kappa shape index (κ1) is 17.9. The van der Waals surface area contributed by atoms with Crippen molar-refractivity contribution in [2.75, 3.05) is 33.9 Å². The van der Waals surface area contributed by atoms with Crippen molar-refractivity contribution in [2.24, 2.45) is 0 Å². The molecule has 2 amide bonds. The van der Waals surface area contributed by atoms with E-state index >= 15 is 0 Å². The average Bonchev–Trinajstić information content (AvgIpc) is 3.46. The van der Waals surface area contributed by atoms with Crippen LogP contribution in [0.15, 0.2) is 10.6 Å². The van der Waals surface area contributed by atoms with Gasteiger partial charge in [-0.25, -0.2) is 4.98 Å². The van der Waals surface area contributed by atoms with Crippen molar-refractivity contribution in [3.05, 3.63) is 23.0 Å². The van der Waals surface area contributed by atoms with E-state index in [4.69, 9.17) is 9.26 Å². The molecule has 4 rings (SSSR count). The standard InChI is InChI=1S/C19H24N4O4/c1-20-18(25)13-9-14(11-3-4-11)21-19-16(13)17(22-27-19)12-5-7-23(8-6-12)15(24)10-26-2/h9,11-12H,3-8,10H2,1-2H3,(H,20,25). The van der Waals surface area contributed by atoms with E-state index in [9.17, 15) is 9.59 Å². The molecule has 0 atom stereocenters. The number of aromatic nitrogens is 2. The summed E-state index contributed by atoms with van der Waals surface area (Å²) in [6.45, 7) is 1.39. The zero-order valence-electron chi connectivity index (χ0n) is 15.7. The Bertz CT molecular complexity index is 866. The molecule has 0 unspecified atom stereocenters. The number of likely N-dealkylation sites (tertiary alicyclic amines) is 1. The molecule has 0 radical (unpaired) electrons. The second kappa shape index (κ2) is 7.26. The van der Waals surface area contributed by atoms with E-state index in [2.05, 4.69) is 15.5 Å². The van der Waals surface area contributed by atoms with Crippen molar-refractivity contribution in [1.82, 2.24) is 20.4 Å². The average molecular weight is 372 g/mol. The van der Waals surface area contributed by atoms with Crippen molar-refractivity contribution in [1.29, 1.82) is 0 Å². The van der Waals surface area contributed by atoms with E-state index in [0.29, 0.717) is 35.7 Å². The Kier molecular flexibility index (Phi) is 4.82. The van der Waals surface area contributed by atoms with Crippen LogP contribution in [0.25, 0.3) is 11.1 Å². The molecule has 144 valence electrons. The Balaban J connectivity index is 1.63. The van der Waals surface area contributed by atoms with Crippen LogP contribution in [0.5, 0.6) is 0 Å². The SMILES string of the molecule is CNC(=O)c1cc(C2CC2)nc2onc(C3CCN(C(=O)COC)CC3)c12. The molecule has 1 N–H and O–H groups in total. The van der Waals surface area contributed by atoms with Gasteiger partial charge in [-0.3, -0.25) is 9.59 Å². The van der Waals surface area contributed by atoms with Crippen molar-refractivity contribution in [3.8, 4) is 0 Å². The van der Waals surface area contributed by atoms with Crippen molar-refractivity contribution in [3.63, 3.8) is 0 Å². The zero-order valence-corrected chi connectivity index (χ0v) is 15.7.